The van der Waals surface area contributed by atoms with Gasteiger partial charge in [0.15, 0.2) is 0 Å². The van der Waals surface area contributed by atoms with Gasteiger partial charge in [0, 0.05) is 27.9 Å². The number of fused-ring (bicyclic) bond motifs is 1. The van der Waals surface area contributed by atoms with E-state index in [0.717, 1.165) is 39.5 Å². The van der Waals surface area contributed by atoms with Gasteiger partial charge in [-0.05, 0) is 48.4 Å². The van der Waals surface area contributed by atoms with Gasteiger partial charge < -0.3 is 5.32 Å². The highest BCUT2D eigenvalue weighted by Gasteiger charge is 2.16. The summed E-state index contributed by atoms with van der Waals surface area (Å²) in [5.41, 5.74) is 5.74. The van der Waals surface area contributed by atoms with Crippen LogP contribution in [-0.2, 0) is 0 Å². The summed E-state index contributed by atoms with van der Waals surface area (Å²) >= 11 is 7.78. The largest absolute Gasteiger partial charge is 0.375 e. The van der Waals surface area contributed by atoms with E-state index < -0.39 is 5.82 Å². The summed E-state index contributed by atoms with van der Waals surface area (Å²) in [6.45, 7) is 1.87. The molecule has 0 atom stereocenters. The van der Waals surface area contributed by atoms with E-state index >= 15 is 0 Å². The van der Waals surface area contributed by atoms with Crippen molar-refractivity contribution in [1.82, 2.24) is 4.98 Å². The minimum Gasteiger partial charge on any atom is -0.375 e. The Balaban J connectivity index is 1.89. The van der Waals surface area contributed by atoms with E-state index in [1.165, 1.54) is 11.0 Å². The van der Waals surface area contributed by atoms with Gasteiger partial charge in [0.2, 0.25) is 0 Å². The van der Waals surface area contributed by atoms with Crippen molar-refractivity contribution in [3.8, 4) is 22.4 Å². The maximum atomic E-state index is 13.7. The molecule has 0 unspecified atom stereocenters. The van der Waals surface area contributed by atoms with E-state index in [1.54, 1.807) is 24.0 Å². The molecule has 0 saturated heterocycles. The first-order chi connectivity index (χ1) is 11.6. The van der Waals surface area contributed by atoms with Gasteiger partial charge in [-0.1, -0.05) is 23.7 Å². The zero-order valence-electron chi connectivity index (χ0n) is 12.9. The molecule has 1 aromatic heterocycles. The van der Waals surface area contributed by atoms with E-state index in [1.807, 2.05) is 19.1 Å². The standard InChI is InChI=1S/C19H14ClFN2S/c1-11-7-16(21)15(20)9-14(11)19-13(3-2-6-22-19)12-4-5-17-18(8-12)24-10-23-17/h2-9,23H,10H2,1H3. The number of halogens is 2. The van der Waals surface area contributed by atoms with Gasteiger partial charge in [-0.3, -0.25) is 4.98 Å². The fourth-order valence-electron chi connectivity index (χ4n) is 2.90. The molecule has 0 amide bonds. The third kappa shape index (κ3) is 2.66. The van der Waals surface area contributed by atoms with Gasteiger partial charge in [0.1, 0.15) is 5.82 Å². The van der Waals surface area contributed by atoms with Gasteiger partial charge in [-0.25, -0.2) is 4.39 Å². The molecule has 1 aliphatic rings. The lowest BCUT2D eigenvalue weighted by Gasteiger charge is -2.13. The SMILES string of the molecule is Cc1cc(F)c(Cl)cc1-c1ncccc1-c1ccc2c(c1)SCN2. The van der Waals surface area contributed by atoms with Crippen molar-refractivity contribution >= 4 is 29.1 Å². The van der Waals surface area contributed by atoms with Crippen molar-refractivity contribution in [3.05, 3.63) is 65.1 Å². The maximum absolute atomic E-state index is 13.7. The number of aromatic nitrogens is 1. The molecule has 3 aromatic rings. The number of thioether (sulfide) groups is 1. The average Bonchev–Trinajstić information content (AvgIpc) is 3.06. The Bertz CT molecular complexity index is 943. The maximum Gasteiger partial charge on any atom is 0.142 e. The molecule has 2 heterocycles. The second kappa shape index (κ2) is 6.11. The highest BCUT2D eigenvalue weighted by molar-refractivity contribution is 7.99. The van der Waals surface area contributed by atoms with E-state index in [9.17, 15) is 4.39 Å². The van der Waals surface area contributed by atoms with Crippen LogP contribution < -0.4 is 5.32 Å². The third-order valence-corrected chi connectivity index (χ3v) is 5.34. The number of anilines is 1. The Morgan fingerprint density at radius 2 is 2.04 bits per heavy atom. The summed E-state index contributed by atoms with van der Waals surface area (Å²) in [5, 5.41) is 3.45. The Morgan fingerprint density at radius 1 is 1.17 bits per heavy atom. The molecule has 0 bridgehead atoms. The summed E-state index contributed by atoms with van der Waals surface area (Å²) in [4.78, 5) is 5.78. The molecule has 0 radical (unpaired) electrons. The zero-order chi connectivity index (χ0) is 16.7. The van der Waals surface area contributed by atoms with Crippen LogP contribution in [0.3, 0.4) is 0 Å². The number of hydrogen-bond acceptors (Lipinski definition) is 3. The Hall–Kier alpha value is -2.04. The molecular formula is C19H14ClFN2S. The van der Waals surface area contributed by atoms with Gasteiger partial charge in [-0.2, -0.15) is 0 Å². The van der Waals surface area contributed by atoms with Crippen molar-refractivity contribution in [2.45, 2.75) is 11.8 Å². The van der Waals surface area contributed by atoms with Crippen molar-refractivity contribution in [3.63, 3.8) is 0 Å². The summed E-state index contributed by atoms with van der Waals surface area (Å²) < 4.78 is 13.7. The normalized spacial score (nSPS) is 12.8. The topological polar surface area (TPSA) is 24.9 Å². The number of benzene rings is 2. The minimum atomic E-state index is -0.407. The second-order valence-corrected chi connectivity index (χ2v) is 7.08. The summed E-state index contributed by atoms with van der Waals surface area (Å²) in [7, 11) is 0. The minimum absolute atomic E-state index is 0.112. The van der Waals surface area contributed by atoms with Crippen LogP contribution in [0.15, 0.2) is 53.6 Å². The summed E-state index contributed by atoms with van der Waals surface area (Å²) in [6.07, 6.45) is 1.75. The Labute approximate surface area is 149 Å². The first-order valence-electron chi connectivity index (χ1n) is 7.55. The lowest BCUT2D eigenvalue weighted by molar-refractivity contribution is 0.627. The second-order valence-electron chi connectivity index (χ2n) is 5.66. The number of hydrogen-bond donors (Lipinski definition) is 1. The van der Waals surface area contributed by atoms with Gasteiger partial charge in [0.05, 0.1) is 16.6 Å². The molecule has 0 saturated carbocycles. The fraction of sp³-hybridized carbons (Fsp3) is 0.105. The smallest absolute Gasteiger partial charge is 0.142 e. The predicted octanol–water partition coefficient (Wildman–Crippen LogP) is 5.99. The van der Waals surface area contributed by atoms with Crippen LogP contribution in [0, 0.1) is 12.7 Å². The van der Waals surface area contributed by atoms with E-state index in [-0.39, 0.29) is 5.02 Å². The molecule has 24 heavy (non-hydrogen) atoms. The molecule has 2 nitrogen and oxygen atoms in total. The van der Waals surface area contributed by atoms with Crippen molar-refractivity contribution < 1.29 is 4.39 Å². The van der Waals surface area contributed by atoms with Crippen LogP contribution in [0.4, 0.5) is 10.1 Å². The first-order valence-corrected chi connectivity index (χ1v) is 8.92. The van der Waals surface area contributed by atoms with Crippen LogP contribution >= 0.6 is 23.4 Å². The first kappa shape index (κ1) is 15.5. The van der Waals surface area contributed by atoms with E-state index in [0.29, 0.717) is 0 Å². The number of aryl methyl sites for hydroxylation is 1. The van der Waals surface area contributed by atoms with Gasteiger partial charge in [0.25, 0.3) is 0 Å². The van der Waals surface area contributed by atoms with Crippen LogP contribution in [0.2, 0.25) is 5.02 Å². The number of pyridine rings is 1. The fourth-order valence-corrected chi connectivity index (χ4v) is 3.95. The van der Waals surface area contributed by atoms with Crippen LogP contribution in [0.5, 0.6) is 0 Å². The van der Waals surface area contributed by atoms with Crippen molar-refractivity contribution in [2.75, 3.05) is 11.2 Å². The van der Waals surface area contributed by atoms with E-state index in [4.69, 9.17) is 11.6 Å². The summed E-state index contributed by atoms with van der Waals surface area (Å²) in [5.74, 6) is 0.487. The average molecular weight is 357 g/mol. The van der Waals surface area contributed by atoms with Crippen molar-refractivity contribution in [2.24, 2.45) is 0 Å². The van der Waals surface area contributed by atoms with E-state index in [2.05, 4.69) is 28.5 Å². The highest BCUT2D eigenvalue weighted by Crippen LogP contribution is 2.39. The molecule has 5 heteroatoms. The molecular weight excluding hydrogens is 343 g/mol. The molecule has 2 aromatic carbocycles. The van der Waals surface area contributed by atoms with Crippen LogP contribution in [0.25, 0.3) is 22.4 Å². The molecule has 120 valence electrons. The Morgan fingerprint density at radius 3 is 2.92 bits per heavy atom. The molecule has 0 spiro atoms. The molecule has 4 rings (SSSR count). The Kier molecular flexibility index (Phi) is 3.94. The quantitative estimate of drug-likeness (QED) is 0.610. The monoisotopic (exact) mass is 356 g/mol. The van der Waals surface area contributed by atoms with Gasteiger partial charge in [-0.15, -0.1) is 11.8 Å². The van der Waals surface area contributed by atoms with Crippen LogP contribution in [-0.4, -0.2) is 10.9 Å². The van der Waals surface area contributed by atoms with Crippen molar-refractivity contribution in [1.29, 1.82) is 0 Å². The molecule has 0 fully saturated rings. The molecule has 1 N–H and O–H groups in total. The number of nitrogens with one attached hydrogen (secondary N) is 1. The summed E-state index contributed by atoms with van der Waals surface area (Å²) in [6, 6.07) is 13.4. The highest BCUT2D eigenvalue weighted by atomic mass is 35.5. The number of rotatable bonds is 2. The predicted molar refractivity (Wildman–Crippen MR) is 99.2 cm³/mol. The zero-order valence-corrected chi connectivity index (χ0v) is 14.5. The molecule has 0 aliphatic carbocycles. The van der Waals surface area contributed by atoms with Crippen LogP contribution in [0.1, 0.15) is 5.56 Å². The van der Waals surface area contributed by atoms with Gasteiger partial charge >= 0.3 is 0 Å². The third-order valence-electron chi connectivity index (χ3n) is 4.11. The lowest BCUT2D eigenvalue weighted by Crippen LogP contribution is -1.93. The lowest BCUT2D eigenvalue weighted by atomic mass is 9.96. The number of nitrogens with zero attached hydrogens (tertiary/aromatic N) is 1. The molecule has 1 aliphatic heterocycles.